The largest absolute Gasteiger partial charge is 0.467 e. The van der Waals surface area contributed by atoms with Gasteiger partial charge in [-0.2, -0.15) is 4.80 Å². The fraction of sp³-hybridized carbons (Fsp3) is 0.150. The maximum absolute atomic E-state index is 13.1. The van der Waals surface area contributed by atoms with Crippen molar-refractivity contribution in [2.45, 2.75) is 13.1 Å². The molecule has 4 aromatic rings. The van der Waals surface area contributed by atoms with Gasteiger partial charge in [0.05, 0.1) is 32.1 Å². The van der Waals surface area contributed by atoms with Gasteiger partial charge in [0.15, 0.2) is 0 Å². The van der Waals surface area contributed by atoms with E-state index in [0.717, 1.165) is 11.3 Å². The molecule has 8 heteroatoms. The lowest BCUT2D eigenvalue weighted by atomic mass is 10.1. The maximum atomic E-state index is 13.1. The molecule has 3 heterocycles. The molecule has 0 aliphatic rings. The number of furan rings is 1. The average Bonchev–Trinajstić information content (AvgIpc) is 3.40. The highest BCUT2D eigenvalue weighted by molar-refractivity contribution is 5.94. The molecule has 1 aromatic carbocycles. The van der Waals surface area contributed by atoms with Crippen LogP contribution in [-0.2, 0) is 20.1 Å². The van der Waals surface area contributed by atoms with E-state index in [0.29, 0.717) is 30.2 Å². The number of benzene rings is 1. The predicted octanol–water partition coefficient (Wildman–Crippen LogP) is 2.71. The zero-order valence-electron chi connectivity index (χ0n) is 15.3. The van der Waals surface area contributed by atoms with Crippen LogP contribution in [0.15, 0.2) is 71.5 Å². The van der Waals surface area contributed by atoms with Gasteiger partial charge in [-0.25, -0.2) is 0 Å². The average molecular weight is 374 g/mol. The fourth-order valence-electron chi connectivity index (χ4n) is 2.82. The number of carbonyl (C=O) groups excluding carboxylic acids is 1. The summed E-state index contributed by atoms with van der Waals surface area (Å²) in [4.78, 5) is 20.6. The second kappa shape index (κ2) is 7.83. The van der Waals surface area contributed by atoms with Gasteiger partial charge in [0.1, 0.15) is 5.76 Å². The minimum atomic E-state index is -0.110. The number of nitrogens with zero attached hydrogens (tertiary/aromatic N) is 6. The van der Waals surface area contributed by atoms with Gasteiger partial charge in [0, 0.05) is 17.3 Å². The van der Waals surface area contributed by atoms with Crippen LogP contribution in [0, 0.1) is 0 Å². The first-order chi connectivity index (χ1) is 13.7. The summed E-state index contributed by atoms with van der Waals surface area (Å²) < 4.78 is 5.43. The van der Waals surface area contributed by atoms with Crippen molar-refractivity contribution in [3.8, 4) is 11.4 Å². The predicted molar refractivity (Wildman–Crippen MR) is 101 cm³/mol. The van der Waals surface area contributed by atoms with Crippen LogP contribution in [0.5, 0.6) is 0 Å². The van der Waals surface area contributed by atoms with Gasteiger partial charge < -0.3 is 9.32 Å². The first kappa shape index (κ1) is 17.6. The number of hydrogen-bond acceptors (Lipinski definition) is 6. The van der Waals surface area contributed by atoms with Gasteiger partial charge in [-0.15, -0.1) is 10.2 Å². The molecule has 0 N–H and O–H groups in total. The minimum Gasteiger partial charge on any atom is -0.467 e. The van der Waals surface area contributed by atoms with Gasteiger partial charge in [-0.3, -0.25) is 9.78 Å². The van der Waals surface area contributed by atoms with Crippen molar-refractivity contribution in [3.63, 3.8) is 0 Å². The van der Waals surface area contributed by atoms with Crippen LogP contribution in [0.25, 0.3) is 11.4 Å². The molecule has 0 saturated carbocycles. The Morgan fingerprint density at radius 2 is 1.93 bits per heavy atom. The molecule has 4 rings (SSSR count). The lowest BCUT2D eigenvalue weighted by Crippen LogP contribution is -2.30. The van der Waals surface area contributed by atoms with Crippen LogP contribution in [0.2, 0.25) is 0 Å². The molecular formula is C20H18N6O2. The zero-order valence-corrected chi connectivity index (χ0v) is 15.3. The summed E-state index contributed by atoms with van der Waals surface area (Å²) in [5.41, 5.74) is 2.17. The van der Waals surface area contributed by atoms with E-state index in [1.54, 1.807) is 42.6 Å². The van der Waals surface area contributed by atoms with E-state index in [1.807, 2.05) is 36.4 Å². The van der Waals surface area contributed by atoms with Gasteiger partial charge in [0.25, 0.3) is 5.91 Å². The molecule has 0 radical (unpaired) electrons. The number of aromatic nitrogens is 5. The smallest absolute Gasteiger partial charge is 0.254 e. The van der Waals surface area contributed by atoms with Crippen molar-refractivity contribution in [2.75, 3.05) is 0 Å². The first-order valence-electron chi connectivity index (χ1n) is 8.75. The molecule has 0 bridgehead atoms. The topological polar surface area (TPSA) is 89.9 Å². The Morgan fingerprint density at radius 1 is 1.07 bits per heavy atom. The van der Waals surface area contributed by atoms with Gasteiger partial charge in [0.2, 0.25) is 5.82 Å². The number of pyridine rings is 1. The molecule has 0 aliphatic heterocycles. The molecule has 3 aromatic heterocycles. The maximum Gasteiger partial charge on any atom is 0.254 e. The SMILES string of the molecule is Cn1nnc(-c2ccc(C(=O)N(Cc3ccccn3)Cc3ccco3)cc2)n1. The Bertz CT molecular complexity index is 1040. The van der Waals surface area contributed by atoms with E-state index in [-0.39, 0.29) is 5.91 Å². The second-order valence-electron chi connectivity index (χ2n) is 6.24. The highest BCUT2D eigenvalue weighted by Gasteiger charge is 2.19. The van der Waals surface area contributed by atoms with Gasteiger partial charge >= 0.3 is 0 Å². The number of amides is 1. The second-order valence-corrected chi connectivity index (χ2v) is 6.24. The number of tetrazole rings is 1. The van der Waals surface area contributed by atoms with E-state index in [2.05, 4.69) is 20.4 Å². The molecule has 140 valence electrons. The Hall–Kier alpha value is -3.81. The molecule has 28 heavy (non-hydrogen) atoms. The van der Waals surface area contributed by atoms with Crippen molar-refractivity contribution in [1.82, 2.24) is 30.1 Å². The third-order valence-corrected chi connectivity index (χ3v) is 4.19. The van der Waals surface area contributed by atoms with Crippen molar-refractivity contribution < 1.29 is 9.21 Å². The third-order valence-electron chi connectivity index (χ3n) is 4.19. The van der Waals surface area contributed by atoms with Crippen LogP contribution in [0.3, 0.4) is 0 Å². The van der Waals surface area contributed by atoms with E-state index in [1.165, 1.54) is 4.80 Å². The molecule has 0 fully saturated rings. The molecule has 8 nitrogen and oxygen atoms in total. The van der Waals surface area contributed by atoms with Crippen LogP contribution >= 0.6 is 0 Å². The first-order valence-corrected chi connectivity index (χ1v) is 8.75. The van der Waals surface area contributed by atoms with Crippen LogP contribution in [0.4, 0.5) is 0 Å². The summed E-state index contributed by atoms with van der Waals surface area (Å²) >= 11 is 0. The molecule has 0 spiro atoms. The molecule has 0 atom stereocenters. The zero-order chi connectivity index (χ0) is 19.3. The Kier molecular flexibility index (Phi) is 4.92. The standard InChI is InChI=1S/C20H18N6O2/c1-25-23-19(22-24-25)15-7-9-16(10-8-15)20(27)26(14-18-6-4-12-28-18)13-17-5-2-3-11-21-17/h2-12H,13-14H2,1H3. The molecular weight excluding hydrogens is 356 g/mol. The summed E-state index contributed by atoms with van der Waals surface area (Å²) in [6.07, 6.45) is 3.31. The van der Waals surface area contributed by atoms with E-state index in [4.69, 9.17) is 4.42 Å². The van der Waals surface area contributed by atoms with Crippen molar-refractivity contribution in [1.29, 1.82) is 0 Å². The van der Waals surface area contributed by atoms with Crippen LogP contribution in [0.1, 0.15) is 21.8 Å². The summed E-state index contributed by atoms with van der Waals surface area (Å²) in [5, 5.41) is 12.0. The minimum absolute atomic E-state index is 0.110. The van der Waals surface area contributed by atoms with E-state index >= 15 is 0 Å². The number of rotatable bonds is 6. The lowest BCUT2D eigenvalue weighted by molar-refractivity contribution is 0.0715. The van der Waals surface area contributed by atoms with Gasteiger partial charge in [-0.05, 0) is 41.6 Å². The van der Waals surface area contributed by atoms with Crippen LogP contribution in [-0.4, -0.2) is 36.0 Å². The van der Waals surface area contributed by atoms with Crippen molar-refractivity contribution in [2.24, 2.45) is 7.05 Å². The summed E-state index contributed by atoms with van der Waals surface area (Å²) in [7, 11) is 1.71. The Morgan fingerprint density at radius 3 is 2.57 bits per heavy atom. The van der Waals surface area contributed by atoms with E-state index in [9.17, 15) is 4.79 Å². The summed E-state index contributed by atoms with van der Waals surface area (Å²) in [6, 6.07) is 16.5. The highest BCUT2D eigenvalue weighted by atomic mass is 16.3. The molecule has 0 unspecified atom stereocenters. The van der Waals surface area contributed by atoms with Gasteiger partial charge in [-0.1, -0.05) is 18.2 Å². The fourth-order valence-corrected chi connectivity index (χ4v) is 2.82. The Balaban J connectivity index is 1.57. The molecule has 1 amide bonds. The third kappa shape index (κ3) is 3.96. The normalized spacial score (nSPS) is 10.8. The summed E-state index contributed by atoms with van der Waals surface area (Å²) in [6.45, 7) is 0.740. The van der Waals surface area contributed by atoms with Crippen LogP contribution < -0.4 is 0 Å². The van der Waals surface area contributed by atoms with Crippen molar-refractivity contribution >= 4 is 5.91 Å². The van der Waals surface area contributed by atoms with E-state index < -0.39 is 0 Å². The monoisotopic (exact) mass is 374 g/mol. The quantitative estimate of drug-likeness (QED) is 0.515. The van der Waals surface area contributed by atoms with Crippen molar-refractivity contribution in [3.05, 3.63) is 84.1 Å². The number of hydrogen-bond donors (Lipinski definition) is 0. The lowest BCUT2D eigenvalue weighted by Gasteiger charge is -2.21. The molecule has 0 aliphatic carbocycles. The molecule has 0 saturated heterocycles. The summed E-state index contributed by atoms with van der Waals surface area (Å²) in [5.74, 6) is 1.12. The highest BCUT2D eigenvalue weighted by Crippen LogP contribution is 2.18. The Labute approximate surface area is 161 Å². The number of carbonyl (C=O) groups is 1. The number of aryl methyl sites for hydroxylation is 1.